The van der Waals surface area contributed by atoms with Gasteiger partial charge in [-0.05, 0) is 6.92 Å². The summed E-state index contributed by atoms with van der Waals surface area (Å²) in [6.07, 6.45) is -4.92. The average molecular weight is 406 g/mol. The number of rotatable bonds is 11. The molecule has 11 nitrogen and oxygen atoms in total. The van der Waals surface area contributed by atoms with Crippen molar-refractivity contribution in [2.24, 2.45) is 0 Å². The van der Waals surface area contributed by atoms with Gasteiger partial charge in [-0.15, -0.1) is 0 Å². The standard InChI is InChI=1S/C17H26O11/c1-9(18)23-7-15(26-12(4)21)17(27-13(5)22)16(8-24-10(2)19)28-14(6)25-11(3)20/h14-17H,7-8H2,1-6H3/t14?,15-,16?,17-/m1/s1. The lowest BCUT2D eigenvalue weighted by Gasteiger charge is -2.32. The van der Waals surface area contributed by atoms with Crippen molar-refractivity contribution in [2.45, 2.75) is 66.1 Å². The fraction of sp³-hybridized carbons (Fsp3) is 0.706. The Labute approximate surface area is 162 Å². The summed E-state index contributed by atoms with van der Waals surface area (Å²) in [5, 5.41) is 0. The number of carbonyl (C=O) groups is 5. The van der Waals surface area contributed by atoms with Crippen molar-refractivity contribution in [1.82, 2.24) is 0 Å². The summed E-state index contributed by atoms with van der Waals surface area (Å²) >= 11 is 0. The second-order valence-electron chi connectivity index (χ2n) is 5.68. The summed E-state index contributed by atoms with van der Waals surface area (Å²) < 4.78 is 30.4. The van der Waals surface area contributed by atoms with Gasteiger partial charge in [0, 0.05) is 34.6 Å². The largest absolute Gasteiger partial charge is 0.463 e. The zero-order chi connectivity index (χ0) is 21.9. The van der Waals surface area contributed by atoms with Crippen molar-refractivity contribution >= 4 is 29.8 Å². The molecular weight excluding hydrogens is 380 g/mol. The van der Waals surface area contributed by atoms with Crippen molar-refractivity contribution < 1.29 is 52.4 Å². The van der Waals surface area contributed by atoms with E-state index in [9.17, 15) is 24.0 Å². The van der Waals surface area contributed by atoms with E-state index in [1.165, 1.54) is 6.92 Å². The Morgan fingerprint density at radius 2 is 1.04 bits per heavy atom. The maximum atomic E-state index is 11.6. The molecule has 0 aliphatic heterocycles. The zero-order valence-corrected chi connectivity index (χ0v) is 16.7. The molecule has 0 bridgehead atoms. The highest BCUT2D eigenvalue weighted by Gasteiger charge is 2.38. The van der Waals surface area contributed by atoms with E-state index in [1.54, 1.807) is 0 Å². The molecule has 0 saturated carbocycles. The fourth-order valence-electron chi connectivity index (χ4n) is 2.11. The van der Waals surface area contributed by atoms with E-state index >= 15 is 0 Å². The molecular formula is C17H26O11. The van der Waals surface area contributed by atoms with Gasteiger partial charge in [0.05, 0.1) is 0 Å². The molecule has 0 aromatic heterocycles. The Morgan fingerprint density at radius 3 is 1.43 bits per heavy atom. The Balaban J connectivity index is 5.71. The highest BCUT2D eigenvalue weighted by Crippen LogP contribution is 2.17. The Hall–Kier alpha value is -2.69. The van der Waals surface area contributed by atoms with Gasteiger partial charge in [0.1, 0.15) is 19.3 Å². The van der Waals surface area contributed by atoms with Crippen LogP contribution in [0.2, 0.25) is 0 Å². The Bertz CT molecular complexity index is 571. The third-order valence-corrected chi connectivity index (χ3v) is 2.95. The second-order valence-corrected chi connectivity index (χ2v) is 5.68. The molecule has 0 amide bonds. The Kier molecular flexibility index (Phi) is 11.4. The van der Waals surface area contributed by atoms with Crippen molar-refractivity contribution in [1.29, 1.82) is 0 Å². The topological polar surface area (TPSA) is 141 Å². The van der Waals surface area contributed by atoms with Gasteiger partial charge in [0.25, 0.3) is 0 Å². The lowest BCUT2D eigenvalue weighted by atomic mass is 10.1. The van der Waals surface area contributed by atoms with Crippen LogP contribution in [0.15, 0.2) is 0 Å². The third-order valence-electron chi connectivity index (χ3n) is 2.95. The van der Waals surface area contributed by atoms with Crippen LogP contribution in [0.3, 0.4) is 0 Å². The Morgan fingerprint density at radius 1 is 0.607 bits per heavy atom. The summed E-state index contributed by atoms with van der Waals surface area (Å²) in [6.45, 7) is 6.17. The number of ether oxygens (including phenoxy) is 6. The molecule has 28 heavy (non-hydrogen) atoms. The zero-order valence-electron chi connectivity index (χ0n) is 16.7. The van der Waals surface area contributed by atoms with Gasteiger partial charge in [-0.1, -0.05) is 0 Å². The normalized spacial score (nSPS) is 14.6. The summed E-state index contributed by atoms with van der Waals surface area (Å²) in [5.74, 6) is -3.46. The van der Waals surface area contributed by atoms with Crippen molar-refractivity contribution in [2.75, 3.05) is 13.2 Å². The van der Waals surface area contributed by atoms with E-state index in [0.717, 1.165) is 34.6 Å². The van der Waals surface area contributed by atoms with Crippen molar-refractivity contribution in [3.8, 4) is 0 Å². The number of hydrogen-bond acceptors (Lipinski definition) is 11. The van der Waals surface area contributed by atoms with Crippen LogP contribution < -0.4 is 0 Å². The smallest absolute Gasteiger partial charge is 0.304 e. The molecule has 0 aliphatic carbocycles. The second kappa shape index (κ2) is 12.7. The molecule has 0 saturated heterocycles. The van der Waals surface area contributed by atoms with Crippen LogP contribution in [-0.2, 0) is 52.4 Å². The summed E-state index contributed by atoms with van der Waals surface area (Å²) in [4.78, 5) is 56.5. The summed E-state index contributed by atoms with van der Waals surface area (Å²) in [5.41, 5.74) is 0. The molecule has 0 fully saturated rings. The average Bonchev–Trinajstić information content (AvgIpc) is 2.51. The highest BCUT2D eigenvalue weighted by atomic mass is 16.7. The molecule has 0 aromatic rings. The van der Waals surface area contributed by atoms with Crippen molar-refractivity contribution in [3.63, 3.8) is 0 Å². The number of carbonyl (C=O) groups excluding carboxylic acids is 5. The molecule has 0 spiro atoms. The molecule has 0 aliphatic rings. The summed E-state index contributed by atoms with van der Waals surface area (Å²) in [6, 6.07) is 0. The SMILES string of the molecule is CC(=O)OCC(OC(C)OC(C)=O)[C@H](OC(C)=O)[C@@H](COC(C)=O)OC(C)=O. The molecule has 160 valence electrons. The minimum atomic E-state index is -1.34. The van der Waals surface area contributed by atoms with Crippen LogP contribution in [0.25, 0.3) is 0 Å². The quantitative estimate of drug-likeness (QED) is 0.265. The van der Waals surface area contributed by atoms with E-state index in [2.05, 4.69) is 0 Å². The number of esters is 5. The first-order chi connectivity index (χ1) is 12.9. The third kappa shape index (κ3) is 11.8. The van der Waals surface area contributed by atoms with Crippen LogP contribution in [0.5, 0.6) is 0 Å². The molecule has 0 heterocycles. The molecule has 11 heteroatoms. The minimum Gasteiger partial charge on any atom is -0.463 e. The van der Waals surface area contributed by atoms with Crippen molar-refractivity contribution in [3.05, 3.63) is 0 Å². The van der Waals surface area contributed by atoms with E-state index in [1.807, 2.05) is 0 Å². The van der Waals surface area contributed by atoms with E-state index in [4.69, 9.17) is 28.4 Å². The predicted molar refractivity (Wildman–Crippen MR) is 90.5 cm³/mol. The molecule has 0 radical (unpaired) electrons. The number of hydrogen-bond donors (Lipinski definition) is 0. The lowest BCUT2D eigenvalue weighted by Crippen LogP contribution is -2.50. The van der Waals surface area contributed by atoms with E-state index in [-0.39, 0.29) is 0 Å². The van der Waals surface area contributed by atoms with Gasteiger partial charge in [-0.25, -0.2) is 0 Å². The van der Waals surface area contributed by atoms with Crippen LogP contribution in [0.4, 0.5) is 0 Å². The van der Waals surface area contributed by atoms with Crippen LogP contribution in [0.1, 0.15) is 41.5 Å². The van der Waals surface area contributed by atoms with Gasteiger partial charge in [-0.3, -0.25) is 24.0 Å². The van der Waals surface area contributed by atoms with Crippen LogP contribution in [0, 0.1) is 0 Å². The first kappa shape index (κ1) is 25.3. The maximum absolute atomic E-state index is 11.6. The molecule has 0 N–H and O–H groups in total. The van der Waals surface area contributed by atoms with Gasteiger partial charge < -0.3 is 28.4 Å². The summed E-state index contributed by atoms with van der Waals surface area (Å²) in [7, 11) is 0. The van der Waals surface area contributed by atoms with Crippen LogP contribution in [-0.4, -0.2) is 67.7 Å². The molecule has 0 aromatic carbocycles. The molecule has 4 atom stereocenters. The van der Waals surface area contributed by atoms with Crippen LogP contribution >= 0.6 is 0 Å². The van der Waals surface area contributed by atoms with Gasteiger partial charge in [0.15, 0.2) is 12.2 Å². The maximum Gasteiger partial charge on any atom is 0.304 e. The highest BCUT2D eigenvalue weighted by molar-refractivity contribution is 5.68. The minimum absolute atomic E-state index is 0.420. The fourth-order valence-corrected chi connectivity index (χ4v) is 2.11. The van der Waals surface area contributed by atoms with Gasteiger partial charge >= 0.3 is 29.8 Å². The first-order valence-corrected chi connectivity index (χ1v) is 8.36. The first-order valence-electron chi connectivity index (χ1n) is 8.36. The van der Waals surface area contributed by atoms with Gasteiger partial charge in [0.2, 0.25) is 6.29 Å². The molecule has 0 rings (SSSR count). The van der Waals surface area contributed by atoms with E-state index in [0.29, 0.717) is 0 Å². The van der Waals surface area contributed by atoms with E-state index < -0.39 is 67.7 Å². The lowest BCUT2D eigenvalue weighted by molar-refractivity contribution is -0.223. The van der Waals surface area contributed by atoms with Gasteiger partial charge in [-0.2, -0.15) is 0 Å². The monoisotopic (exact) mass is 406 g/mol. The predicted octanol–water partition coefficient (Wildman–Crippen LogP) is 0.270. The molecule has 2 unspecified atom stereocenters.